The van der Waals surface area contributed by atoms with Gasteiger partial charge in [0.2, 0.25) is 0 Å². The van der Waals surface area contributed by atoms with Crippen LogP contribution in [0.25, 0.3) is 5.57 Å². The fourth-order valence-corrected chi connectivity index (χ4v) is 5.03. The van der Waals surface area contributed by atoms with Gasteiger partial charge in [0.1, 0.15) is 43.3 Å². The monoisotopic (exact) mass is 638 g/mol. The van der Waals surface area contributed by atoms with Gasteiger partial charge < -0.3 is 47.6 Å². The van der Waals surface area contributed by atoms with Crippen molar-refractivity contribution in [2.45, 2.75) is 46.1 Å². The fraction of sp³-hybridized carbons (Fsp3) is 0.536. The molecule has 2 aromatic rings. The highest BCUT2D eigenvalue weighted by Gasteiger charge is 2.38. The third kappa shape index (κ3) is 6.76. The molecule has 1 aromatic carbocycles. The van der Waals surface area contributed by atoms with Gasteiger partial charge >= 0.3 is 5.97 Å². The molecular formula is C28H39IN4O5. The molecule has 0 bridgehead atoms. The molecule has 0 atom stereocenters. The Morgan fingerprint density at radius 2 is 1.84 bits per heavy atom. The lowest BCUT2D eigenvalue weighted by molar-refractivity contribution is -0.916. The minimum Gasteiger partial charge on any atom is -1.00 e. The summed E-state index contributed by atoms with van der Waals surface area (Å²) in [5, 5.41) is 7.41. The zero-order valence-electron chi connectivity index (χ0n) is 23.2. The second-order valence-electron chi connectivity index (χ2n) is 11.2. The number of aromatic amines is 1. The number of ether oxygens (including phenoxy) is 3. The molecule has 1 saturated heterocycles. The maximum atomic E-state index is 13.6. The van der Waals surface area contributed by atoms with Gasteiger partial charge in [-0.05, 0) is 45.0 Å². The number of carbonyl (C=O) groups excluding carboxylic acids is 2. The van der Waals surface area contributed by atoms with Gasteiger partial charge in [-0.2, -0.15) is 5.10 Å². The summed E-state index contributed by atoms with van der Waals surface area (Å²) >= 11 is 0. The highest BCUT2D eigenvalue weighted by atomic mass is 127. The summed E-state index contributed by atoms with van der Waals surface area (Å²) in [5.74, 6) is 0.0198. The van der Waals surface area contributed by atoms with Gasteiger partial charge in [0.15, 0.2) is 0 Å². The van der Waals surface area contributed by atoms with Crippen LogP contribution in [-0.4, -0.2) is 90.6 Å². The van der Waals surface area contributed by atoms with Crippen molar-refractivity contribution in [3.8, 4) is 5.75 Å². The first kappa shape index (κ1) is 30.1. The Hall–Kier alpha value is -2.44. The average Bonchev–Trinajstić information content (AvgIpc) is 3.17. The summed E-state index contributed by atoms with van der Waals surface area (Å²) in [4.78, 5) is 28.2. The van der Waals surface area contributed by atoms with E-state index in [4.69, 9.17) is 14.2 Å². The number of quaternary nitrogens is 1. The number of hydrogen-bond donors (Lipinski definition) is 1. The lowest BCUT2D eigenvalue weighted by Crippen LogP contribution is -3.00. The first-order valence-electron chi connectivity index (χ1n) is 12.9. The molecule has 1 fully saturated rings. The number of esters is 1. The van der Waals surface area contributed by atoms with Crippen LogP contribution in [-0.2, 0) is 19.7 Å². The third-order valence-electron chi connectivity index (χ3n) is 7.11. The summed E-state index contributed by atoms with van der Waals surface area (Å²) in [6, 6.07) is 7.18. The molecule has 208 valence electrons. The van der Waals surface area contributed by atoms with Crippen molar-refractivity contribution in [3.63, 3.8) is 0 Å². The van der Waals surface area contributed by atoms with E-state index in [0.29, 0.717) is 24.4 Å². The number of halogens is 1. The Bertz CT molecular complexity index is 1170. The normalized spacial score (nSPS) is 18.1. The number of H-pyrrole nitrogens is 1. The number of fused-ring (bicyclic) bond motifs is 1. The summed E-state index contributed by atoms with van der Waals surface area (Å²) in [5.41, 5.74) is 2.65. The predicted molar refractivity (Wildman–Crippen MR) is 140 cm³/mol. The fourth-order valence-electron chi connectivity index (χ4n) is 5.03. The van der Waals surface area contributed by atoms with Crippen LogP contribution in [0.1, 0.15) is 55.0 Å². The summed E-state index contributed by atoms with van der Waals surface area (Å²) in [7, 11) is 2.22. The Balaban J connectivity index is 0.00000400. The van der Waals surface area contributed by atoms with Crippen molar-refractivity contribution in [3.05, 3.63) is 53.0 Å². The minimum absolute atomic E-state index is 0. The molecule has 0 radical (unpaired) electrons. The lowest BCUT2D eigenvalue weighted by Gasteiger charge is -2.37. The predicted octanol–water partition coefficient (Wildman–Crippen LogP) is 0.304. The molecule has 0 aliphatic carbocycles. The molecule has 38 heavy (non-hydrogen) atoms. The van der Waals surface area contributed by atoms with Gasteiger partial charge in [0.05, 0.1) is 26.4 Å². The lowest BCUT2D eigenvalue weighted by atomic mass is 9.82. The number of benzene rings is 1. The van der Waals surface area contributed by atoms with E-state index in [2.05, 4.69) is 17.2 Å². The number of likely N-dealkylation sites (N-methyl/N-ethyl adjacent to an activating group) is 1. The highest BCUT2D eigenvalue weighted by molar-refractivity contribution is 6.17. The Kier molecular flexibility index (Phi) is 9.64. The number of nitrogens with zero attached hydrogens (tertiary/aromatic N) is 3. The number of nitrogens with one attached hydrogen (secondary N) is 1. The topological polar surface area (TPSA) is 93.8 Å². The van der Waals surface area contributed by atoms with Gasteiger partial charge in [0.25, 0.3) is 5.91 Å². The third-order valence-corrected chi connectivity index (χ3v) is 7.11. The zero-order chi connectivity index (χ0) is 26.8. The van der Waals surface area contributed by atoms with Crippen molar-refractivity contribution in [2.75, 3.05) is 53.0 Å². The smallest absolute Gasteiger partial charge is 0.342 e. The molecule has 1 aromatic heterocycles. The Morgan fingerprint density at radius 3 is 2.47 bits per heavy atom. The summed E-state index contributed by atoms with van der Waals surface area (Å²) < 4.78 is 17.9. The van der Waals surface area contributed by atoms with E-state index in [1.807, 2.05) is 32.9 Å². The first-order chi connectivity index (χ1) is 17.5. The van der Waals surface area contributed by atoms with E-state index >= 15 is 0 Å². The zero-order valence-corrected chi connectivity index (χ0v) is 25.3. The van der Waals surface area contributed by atoms with E-state index in [9.17, 15) is 9.59 Å². The maximum absolute atomic E-state index is 13.6. The summed E-state index contributed by atoms with van der Waals surface area (Å²) in [6.45, 7) is 15.0. The SMILES string of the molecule is Cc1[nH]nc2c1C(C)(C)CN(C(=O)c1ccc(OCC[N+]3(C)CCOCC3)cc1)C=C2C(=O)OC(C)C.[I-]. The van der Waals surface area contributed by atoms with E-state index in [1.165, 1.54) is 0 Å². The molecule has 0 saturated carbocycles. The van der Waals surface area contributed by atoms with Crippen LogP contribution in [0.15, 0.2) is 30.5 Å². The Labute approximate surface area is 242 Å². The van der Waals surface area contributed by atoms with Crippen LogP contribution >= 0.6 is 0 Å². The van der Waals surface area contributed by atoms with Crippen LogP contribution in [0, 0.1) is 6.92 Å². The van der Waals surface area contributed by atoms with E-state index in [-0.39, 0.29) is 41.6 Å². The molecule has 10 heteroatoms. The van der Waals surface area contributed by atoms with Crippen LogP contribution in [0.4, 0.5) is 0 Å². The van der Waals surface area contributed by atoms with Crippen LogP contribution in [0.3, 0.4) is 0 Å². The van der Waals surface area contributed by atoms with Gasteiger partial charge in [-0.25, -0.2) is 4.79 Å². The molecule has 0 spiro atoms. The number of amides is 1. The number of aryl methyl sites for hydroxylation is 1. The molecule has 4 rings (SSSR count). The number of morpholine rings is 1. The second-order valence-corrected chi connectivity index (χ2v) is 11.2. The van der Waals surface area contributed by atoms with Crippen LogP contribution in [0.5, 0.6) is 5.75 Å². The van der Waals surface area contributed by atoms with Crippen LogP contribution < -0.4 is 28.7 Å². The maximum Gasteiger partial charge on any atom is 0.342 e. The number of hydrogen-bond acceptors (Lipinski definition) is 6. The minimum atomic E-state index is -0.501. The van der Waals surface area contributed by atoms with E-state index in [1.54, 1.807) is 37.1 Å². The van der Waals surface area contributed by atoms with Gasteiger partial charge in [-0.15, -0.1) is 0 Å². The van der Waals surface area contributed by atoms with Crippen molar-refractivity contribution < 1.29 is 52.3 Å². The summed E-state index contributed by atoms with van der Waals surface area (Å²) in [6.07, 6.45) is 1.29. The highest BCUT2D eigenvalue weighted by Crippen LogP contribution is 2.37. The average molecular weight is 639 g/mol. The van der Waals surface area contributed by atoms with Gasteiger partial charge in [-0.1, -0.05) is 13.8 Å². The molecule has 2 aliphatic rings. The molecular weight excluding hydrogens is 599 g/mol. The van der Waals surface area contributed by atoms with Crippen molar-refractivity contribution in [2.24, 2.45) is 0 Å². The number of carbonyl (C=O) groups is 2. The largest absolute Gasteiger partial charge is 1.00 e. The quantitative estimate of drug-likeness (QED) is 0.267. The van der Waals surface area contributed by atoms with Crippen LogP contribution in [0.2, 0.25) is 0 Å². The number of rotatable bonds is 7. The van der Waals surface area contributed by atoms with Gasteiger partial charge in [-0.3, -0.25) is 9.89 Å². The first-order valence-corrected chi connectivity index (χ1v) is 12.9. The molecule has 3 heterocycles. The molecule has 0 unspecified atom stereocenters. The van der Waals surface area contributed by atoms with E-state index < -0.39 is 11.4 Å². The van der Waals surface area contributed by atoms with E-state index in [0.717, 1.165) is 54.3 Å². The van der Waals surface area contributed by atoms with Crippen molar-refractivity contribution in [1.29, 1.82) is 0 Å². The molecule has 9 nitrogen and oxygen atoms in total. The molecule has 2 aliphatic heterocycles. The van der Waals surface area contributed by atoms with Crippen molar-refractivity contribution >= 4 is 17.4 Å². The molecule has 1 N–H and O–H groups in total. The van der Waals surface area contributed by atoms with Gasteiger partial charge in [0, 0.05) is 35.0 Å². The Morgan fingerprint density at radius 1 is 1.18 bits per heavy atom. The molecule has 1 amide bonds. The van der Waals surface area contributed by atoms with Crippen molar-refractivity contribution in [1.82, 2.24) is 15.1 Å². The second kappa shape index (κ2) is 12.2. The standard InChI is InChI=1S/C28H39N4O5.HI/c1-19(2)37-27(34)23-17-31(18-28(4,5)24-20(3)29-30-25(23)24)26(33)21-7-9-22(10-8-21)36-16-13-32(6)11-14-35-15-12-32;/h7-10,17,19H,11-16,18H2,1-6H3,(H,29,30);1H/q+1;/p-1. The number of aromatic nitrogens is 2.